The average molecular weight is 457 g/mol. The molecule has 1 saturated heterocycles. The summed E-state index contributed by atoms with van der Waals surface area (Å²) in [7, 11) is 0. The number of aliphatic hydroxyl groups is 1. The smallest absolute Gasteiger partial charge is 0.0918 e. The van der Waals surface area contributed by atoms with Gasteiger partial charge in [-0.15, -0.1) is 11.6 Å². The Bertz CT molecular complexity index is 988. The Morgan fingerprint density at radius 3 is 1.27 bits per heavy atom. The number of alkyl halides is 1. The first-order chi connectivity index (χ1) is 16.3. The molecular weight excluding hydrogens is 428 g/mol. The van der Waals surface area contributed by atoms with Crippen LogP contribution < -0.4 is 0 Å². The van der Waals surface area contributed by atoms with Crippen LogP contribution in [0.4, 0.5) is 0 Å². The van der Waals surface area contributed by atoms with Gasteiger partial charge in [-0.25, -0.2) is 0 Å². The van der Waals surface area contributed by atoms with Gasteiger partial charge in [0.25, 0.3) is 0 Å². The van der Waals surface area contributed by atoms with Crippen molar-refractivity contribution in [3.63, 3.8) is 0 Å². The van der Waals surface area contributed by atoms with Gasteiger partial charge in [0, 0.05) is 17.7 Å². The fraction of sp³-hybridized carbons (Fsp3) is 0.200. The van der Waals surface area contributed by atoms with E-state index < -0.39 is 6.10 Å². The predicted octanol–water partition coefficient (Wildman–Crippen LogP) is 6.64. The van der Waals surface area contributed by atoms with Crippen LogP contribution in [0.3, 0.4) is 0 Å². The molecule has 2 nitrogen and oxygen atoms in total. The third-order valence-corrected chi connectivity index (χ3v) is 6.22. The average Bonchev–Trinajstić information content (AvgIpc) is 3.72. The number of epoxide rings is 1. The number of ether oxygens (including phenoxy) is 1. The lowest BCUT2D eigenvalue weighted by molar-refractivity contribution is 0.179. The first-order valence-corrected chi connectivity index (χ1v) is 11.9. The van der Waals surface area contributed by atoms with E-state index in [4.69, 9.17) is 16.3 Å². The van der Waals surface area contributed by atoms with Crippen LogP contribution in [-0.4, -0.2) is 29.8 Å². The Morgan fingerprint density at radius 2 is 0.970 bits per heavy atom. The number of aliphatic hydroxyl groups excluding tert-OH is 1. The maximum Gasteiger partial charge on any atom is 0.0918 e. The highest BCUT2D eigenvalue weighted by Crippen LogP contribution is 2.35. The summed E-state index contributed by atoms with van der Waals surface area (Å²) >= 11 is 5.80. The van der Waals surface area contributed by atoms with E-state index in [1.54, 1.807) is 0 Å². The second-order valence-electron chi connectivity index (χ2n) is 8.19. The molecule has 0 radical (unpaired) electrons. The van der Waals surface area contributed by atoms with Crippen molar-refractivity contribution in [2.24, 2.45) is 0 Å². The standard InChI is InChI=1S/C15H15ClO.C15H14O/c16-11-14(17)15(12-7-3-1-4-8-12)13-9-5-2-6-10-13;1-3-7-12(8-4-1)15(14-11-16-14)13-9-5-2-6-10-13/h1-10,14-15,17H,11H2;1-10,14-15H,11H2/t2*14-/m00/s1. The molecule has 3 heteroatoms. The SMILES string of the molecule is O[C@@H](CCl)C(c1ccccc1)c1ccccc1.c1ccc(C(c2ccccc2)[C@@H]2CO2)cc1. The molecule has 0 aromatic heterocycles. The predicted molar refractivity (Wildman–Crippen MR) is 136 cm³/mol. The first kappa shape index (κ1) is 23.3. The van der Waals surface area contributed by atoms with Crippen LogP contribution in [0.2, 0.25) is 0 Å². The molecule has 1 fully saturated rings. The summed E-state index contributed by atoms with van der Waals surface area (Å²) < 4.78 is 5.48. The minimum Gasteiger partial charge on any atom is -0.391 e. The lowest BCUT2D eigenvalue weighted by Gasteiger charge is -2.22. The van der Waals surface area contributed by atoms with Crippen molar-refractivity contribution in [3.8, 4) is 0 Å². The summed E-state index contributed by atoms with van der Waals surface area (Å²) in [6, 6.07) is 41.1. The van der Waals surface area contributed by atoms with Crippen LogP contribution >= 0.6 is 11.6 Å². The highest BCUT2D eigenvalue weighted by molar-refractivity contribution is 6.18. The fourth-order valence-corrected chi connectivity index (χ4v) is 4.42. The second kappa shape index (κ2) is 11.8. The molecule has 0 unspecified atom stereocenters. The fourth-order valence-electron chi connectivity index (χ4n) is 4.24. The van der Waals surface area contributed by atoms with Crippen molar-refractivity contribution < 1.29 is 9.84 Å². The number of hydrogen-bond acceptors (Lipinski definition) is 2. The molecule has 168 valence electrons. The highest BCUT2D eigenvalue weighted by Gasteiger charge is 2.34. The van der Waals surface area contributed by atoms with E-state index in [9.17, 15) is 5.11 Å². The van der Waals surface area contributed by atoms with Gasteiger partial charge in [-0.2, -0.15) is 0 Å². The third kappa shape index (κ3) is 6.33. The molecule has 5 rings (SSSR count). The molecule has 33 heavy (non-hydrogen) atoms. The molecular formula is C30H29ClO2. The Morgan fingerprint density at radius 1 is 0.636 bits per heavy atom. The molecule has 0 amide bonds. The van der Waals surface area contributed by atoms with E-state index in [0.717, 1.165) is 17.7 Å². The molecule has 0 spiro atoms. The molecule has 1 aliphatic heterocycles. The molecule has 1 aliphatic rings. The van der Waals surface area contributed by atoms with Crippen LogP contribution in [-0.2, 0) is 4.74 Å². The van der Waals surface area contributed by atoms with E-state index in [2.05, 4.69) is 60.7 Å². The number of benzene rings is 4. The van der Waals surface area contributed by atoms with Crippen LogP contribution in [0.15, 0.2) is 121 Å². The van der Waals surface area contributed by atoms with E-state index >= 15 is 0 Å². The van der Waals surface area contributed by atoms with Crippen LogP contribution in [0.5, 0.6) is 0 Å². The number of rotatable bonds is 7. The highest BCUT2D eigenvalue weighted by atomic mass is 35.5. The zero-order valence-corrected chi connectivity index (χ0v) is 19.3. The Balaban J connectivity index is 0.000000157. The van der Waals surface area contributed by atoms with E-state index in [1.807, 2.05) is 60.7 Å². The molecule has 0 bridgehead atoms. The number of halogens is 1. The van der Waals surface area contributed by atoms with Gasteiger partial charge in [0.05, 0.1) is 18.8 Å². The van der Waals surface area contributed by atoms with Crippen molar-refractivity contribution >= 4 is 11.6 Å². The summed E-state index contributed by atoms with van der Waals surface area (Å²) in [4.78, 5) is 0. The van der Waals surface area contributed by atoms with Crippen molar-refractivity contribution in [1.29, 1.82) is 0 Å². The summed E-state index contributed by atoms with van der Waals surface area (Å²) in [5, 5.41) is 10.1. The van der Waals surface area contributed by atoms with Gasteiger partial charge in [-0.3, -0.25) is 0 Å². The molecule has 1 N–H and O–H groups in total. The molecule has 1 heterocycles. The van der Waals surface area contributed by atoms with E-state index in [0.29, 0.717) is 12.0 Å². The molecule has 2 atom stereocenters. The normalized spacial score (nSPS) is 15.6. The van der Waals surface area contributed by atoms with Crippen LogP contribution in [0.25, 0.3) is 0 Å². The van der Waals surface area contributed by atoms with Crippen molar-refractivity contribution in [1.82, 2.24) is 0 Å². The largest absolute Gasteiger partial charge is 0.391 e. The zero-order valence-electron chi connectivity index (χ0n) is 18.5. The van der Waals surface area contributed by atoms with Crippen molar-refractivity contribution in [2.75, 3.05) is 12.5 Å². The monoisotopic (exact) mass is 456 g/mol. The van der Waals surface area contributed by atoms with E-state index in [1.165, 1.54) is 11.1 Å². The maximum atomic E-state index is 10.1. The summed E-state index contributed by atoms with van der Waals surface area (Å²) in [6.45, 7) is 0.883. The van der Waals surface area contributed by atoms with Crippen molar-refractivity contribution in [2.45, 2.75) is 24.0 Å². The molecule has 4 aromatic carbocycles. The molecule has 0 aliphatic carbocycles. The van der Waals surface area contributed by atoms with Crippen LogP contribution in [0, 0.1) is 0 Å². The zero-order chi connectivity index (χ0) is 22.9. The molecule has 0 saturated carbocycles. The quantitative estimate of drug-likeness (QED) is 0.250. The maximum absolute atomic E-state index is 10.1. The number of hydrogen-bond donors (Lipinski definition) is 1. The lowest BCUT2D eigenvalue weighted by atomic mass is 9.87. The minimum absolute atomic E-state index is 0.0603. The Labute approximate surface area is 201 Å². The van der Waals surface area contributed by atoms with Gasteiger partial charge < -0.3 is 9.84 Å². The van der Waals surface area contributed by atoms with Gasteiger partial charge in [0.1, 0.15) is 0 Å². The van der Waals surface area contributed by atoms with Gasteiger partial charge in [-0.1, -0.05) is 121 Å². The van der Waals surface area contributed by atoms with E-state index in [-0.39, 0.29) is 11.8 Å². The second-order valence-corrected chi connectivity index (χ2v) is 8.50. The molecule has 4 aromatic rings. The topological polar surface area (TPSA) is 32.8 Å². The Hall–Kier alpha value is -2.91. The Kier molecular flexibility index (Phi) is 8.32. The summed E-state index contributed by atoms with van der Waals surface area (Å²) in [6.07, 6.45) is -0.203. The van der Waals surface area contributed by atoms with Crippen LogP contribution in [0.1, 0.15) is 34.1 Å². The minimum atomic E-state index is -0.568. The van der Waals surface area contributed by atoms with Gasteiger partial charge >= 0.3 is 0 Å². The first-order valence-electron chi connectivity index (χ1n) is 11.3. The third-order valence-electron chi connectivity index (χ3n) is 5.91. The van der Waals surface area contributed by atoms with Gasteiger partial charge in [0.15, 0.2) is 0 Å². The van der Waals surface area contributed by atoms with Gasteiger partial charge in [-0.05, 0) is 22.3 Å². The summed E-state index contributed by atoms with van der Waals surface area (Å²) in [5.41, 5.74) is 4.87. The van der Waals surface area contributed by atoms with Crippen molar-refractivity contribution in [3.05, 3.63) is 144 Å². The summed E-state index contributed by atoms with van der Waals surface area (Å²) in [5.74, 6) is 0.561. The lowest BCUT2D eigenvalue weighted by Crippen LogP contribution is -2.21. The van der Waals surface area contributed by atoms with Gasteiger partial charge in [0.2, 0.25) is 0 Å².